The van der Waals surface area contributed by atoms with E-state index in [0.717, 1.165) is 12.8 Å². The van der Waals surface area contributed by atoms with Crippen molar-refractivity contribution < 1.29 is 24.5 Å². The number of halogens is 1. The van der Waals surface area contributed by atoms with Crippen molar-refractivity contribution in [2.75, 3.05) is 13.2 Å². The molecule has 0 bridgehead atoms. The van der Waals surface area contributed by atoms with E-state index in [0.29, 0.717) is 35.9 Å². The van der Waals surface area contributed by atoms with Crippen LogP contribution in [0.25, 0.3) is 0 Å². The van der Waals surface area contributed by atoms with Crippen molar-refractivity contribution in [3.05, 3.63) is 41.4 Å². The minimum atomic E-state index is -0.933. The van der Waals surface area contributed by atoms with E-state index in [1.807, 2.05) is 0 Å². The Morgan fingerprint density at radius 1 is 1.32 bits per heavy atom. The fraction of sp³-hybridized carbons (Fsp3) is 0.412. The first-order valence-electron chi connectivity index (χ1n) is 7.74. The smallest absolute Gasteiger partial charge is 0.320 e. The van der Waals surface area contributed by atoms with Crippen LogP contribution in [0.1, 0.15) is 24.8 Å². The third kappa shape index (κ3) is 11.1. The van der Waals surface area contributed by atoms with Crippen LogP contribution >= 0.6 is 11.6 Å². The first-order valence-corrected chi connectivity index (χ1v) is 8.12. The number of nitrogens with two attached hydrogens (primary N) is 2. The molecule has 6 N–H and O–H groups in total. The zero-order chi connectivity index (χ0) is 19.2. The van der Waals surface area contributed by atoms with Gasteiger partial charge in [0.25, 0.3) is 0 Å². The van der Waals surface area contributed by atoms with E-state index in [4.69, 9.17) is 38.0 Å². The highest BCUT2D eigenvalue weighted by molar-refractivity contribution is 6.32. The quantitative estimate of drug-likeness (QED) is 0.364. The molecule has 7 nitrogen and oxygen atoms in total. The minimum Gasteiger partial charge on any atom is -0.488 e. The van der Waals surface area contributed by atoms with Crippen molar-refractivity contribution in [3.63, 3.8) is 0 Å². The zero-order valence-corrected chi connectivity index (χ0v) is 14.7. The maximum absolute atomic E-state index is 10.4. The van der Waals surface area contributed by atoms with Crippen molar-refractivity contribution in [1.82, 2.24) is 0 Å². The first-order chi connectivity index (χ1) is 11.8. The van der Waals surface area contributed by atoms with Crippen molar-refractivity contribution in [2.45, 2.75) is 31.7 Å². The van der Waals surface area contributed by atoms with Gasteiger partial charge in [-0.3, -0.25) is 9.59 Å². The van der Waals surface area contributed by atoms with Crippen LogP contribution < -0.4 is 16.2 Å². The summed E-state index contributed by atoms with van der Waals surface area (Å²) in [6.45, 7) is 4.49. The second-order valence-electron chi connectivity index (χ2n) is 5.16. The van der Waals surface area contributed by atoms with Gasteiger partial charge in [0.1, 0.15) is 18.4 Å². The van der Waals surface area contributed by atoms with Gasteiger partial charge in [-0.05, 0) is 37.1 Å². The molecule has 1 aromatic rings. The minimum absolute atomic E-state index is 0.0402. The predicted octanol–water partition coefficient (Wildman–Crippen LogP) is 2.06. The Balaban J connectivity index is 0.000000504. The number of ether oxygens (including phenoxy) is 1. The van der Waals surface area contributed by atoms with E-state index in [1.165, 1.54) is 0 Å². The molecule has 140 valence electrons. The van der Waals surface area contributed by atoms with E-state index in [-0.39, 0.29) is 6.42 Å². The van der Waals surface area contributed by atoms with Gasteiger partial charge in [-0.15, -0.1) is 0 Å². The Morgan fingerprint density at radius 3 is 2.48 bits per heavy atom. The van der Waals surface area contributed by atoms with Crippen LogP contribution in [0.2, 0.25) is 5.02 Å². The van der Waals surface area contributed by atoms with Crippen LogP contribution in [-0.2, 0) is 16.0 Å². The highest BCUT2D eigenvalue weighted by atomic mass is 35.5. The van der Waals surface area contributed by atoms with Crippen LogP contribution in [0.5, 0.6) is 5.75 Å². The lowest BCUT2D eigenvalue weighted by Gasteiger charge is -2.06. The summed E-state index contributed by atoms with van der Waals surface area (Å²) in [7, 11) is 0. The van der Waals surface area contributed by atoms with Crippen molar-refractivity contribution in [3.8, 4) is 5.75 Å². The van der Waals surface area contributed by atoms with Crippen molar-refractivity contribution in [1.29, 1.82) is 0 Å². The Hall–Kier alpha value is -2.09. The molecule has 0 saturated heterocycles. The summed E-state index contributed by atoms with van der Waals surface area (Å²) >= 11 is 5.90. The molecule has 25 heavy (non-hydrogen) atoms. The van der Waals surface area contributed by atoms with E-state index < -0.39 is 18.0 Å². The SMILES string of the molecule is C=CCOc1ccc(CC(=O)O)cc1Cl.NCCCC[C@H](N)C(=O)O. The highest BCUT2D eigenvalue weighted by Crippen LogP contribution is 2.25. The number of benzene rings is 1. The Labute approximate surface area is 152 Å². The maximum atomic E-state index is 10.4. The lowest BCUT2D eigenvalue weighted by Crippen LogP contribution is -2.29. The van der Waals surface area contributed by atoms with Crippen molar-refractivity contribution in [2.24, 2.45) is 11.5 Å². The lowest BCUT2D eigenvalue weighted by molar-refractivity contribution is -0.139. The van der Waals surface area contributed by atoms with Crippen LogP contribution in [-0.4, -0.2) is 41.3 Å². The number of carboxylic acids is 2. The molecule has 0 spiro atoms. The molecule has 0 heterocycles. The fourth-order valence-electron chi connectivity index (χ4n) is 1.73. The number of hydrogen-bond acceptors (Lipinski definition) is 5. The normalized spacial score (nSPS) is 11.0. The lowest BCUT2D eigenvalue weighted by atomic mass is 10.1. The van der Waals surface area contributed by atoms with E-state index >= 15 is 0 Å². The second kappa shape index (κ2) is 13.2. The van der Waals surface area contributed by atoms with Gasteiger partial charge in [-0.1, -0.05) is 36.7 Å². The summed E-state index contributed by atoms with van der Waals surface area (Å²) in [4.78, 5) is 20.6. The Kier molecular flexibility index (Phi) is 12.1. The molecular formula is C17H25ClN2O5. The standard InChI is InChI=1S/C11H11ClO3.C6H14N2O2/c1-2-5-15-10-4-3-8(6-9(10)12)7-11(13)14;7-4-2-1-3-5(8)6(9)10/h2-4,6H,1,5,7H2,(H,13,14);5H,1-4,7-8H2,(H,9,10)/t;5-/m.0/s1. The molecule has 1 aromatic carbocycles. The topological polar surface area (TPSA) is 136 Å². The number of unbranched alkanes of at least 4 members (excludes halogenated alkanes) is 1. The molecular weight excluding hydrogens is 348 g/mol. The van der Waals surface area contributed by atoms with Gasteiger partial charge in [0.2, 0.25) is 0 Å². The summed E-state index contributed by atoms with van der Waals surface area (Å²) in [5.41, 5.74) is 11.1. The molecule has 0 radical (unpaired) electrons. The summed E-state index contributed by atoms with van der Waals surface area (Å²) in [5, 5.41) is 17.3. The molecule has 0 saturated carbocycles. The van der Waals surface area contributed by atoms with E-state index in [9.17, 15) is 9.59 Å². The summed E-state index contributed by atoms with van der Waals surface area (Å²) < 4.78 is 5.25. The van der Waals surface area contributed by atoms with Gasteiger partial charge in [0, 0.05) is 0 Å². The monoisotopic (exact) mass is 372 g/mol. The molecule has 8 heteroatoms. The number of aliphatic carboxylic acids is 2. The third-order valence-electron chi connectivity index (χ3n) is 2.99. The molecule has 1 rings (SSSR count). The number of hydrogen-bond donors (Lipinski definition) is 4. The number of rotatable bonds is 10. The van der Waals surface area contributed by atoms with Gasteiger partial charge in [-0.2, -0.15) is 0 Å². The molecule has 0 aliphatic heterocycles. The summed E-state index contributed by atoms with van der Waals surface area (Å²) in [5.74, 6) is -1.28. The second-order valence-corrected chi connectivity index (χ2v) is 5.57. The summed E-state index contributed by atoms with van der Waals surface area (Å²) in [6.07, 6.45) is 3.74. The molecule has 0 aliphatic carbocycles. The number of carboxylic acid groups (broad SMARTS) is 2. The molecule has 0 amide bonds. The average molecular weight is 373 g/mol. The largest absolute Gasteiger partial charge is 0.488 e. The molecule has 0 fully saturated rings. The van der Waals surface area contributed by atoms with Crippen LogP contribution in [0.3, 0.4) is 0 Å². The maximum Gasteiger partial charge on any atom is 0.320 e. The van der Waals surface area contributed by atoms with E-state index in [1.54, 1.807) is 24.3 Å². The molecule has 1 atom stereocenters. The Bertz CT molecular complexity index is 566. The molecule has 0 aromatic heterocycles. The zero-order valence-electron chi connectivity index (χ0n) is 14.0. The van der Waals surface area contributed by atoms with Crippen molar-refractivity contribution >= 4 is 23.5 Å². The van der Waals surface area contributed by atoms with Crippen LogP contribution in [0.4, 0.5) is 0 Å². The molecule has 0 aliphatic rings. The third-order valence-corrected chi connectivity index (χ3v) is 3.29. The van der Waals surface area contributed by atoms with Gasteiger partial charge in [0.05, 0.1) is 11.4 Å². The van der Waals surface area contributed by atoms with Gasteiger partial charge in [0.15, 0.2) is 0 Å². The summed E-state index contributed by atoms with van der Waals surface area (Å²) in [6, 6.07) is 4.21. The first kappa shape index (κ1) is 22.9. The van der Waals surface area contributed by atoms with Gasteiger partial charge in [-0.25, -0.2) is 0 Å². The average Bonchev–Trinajstić information content (AvgIpc) is 2.54. The van der Waals surface area contributed by atoms with Crippen LogP contribution in [0, 0.1) is 0 Å². The molecule has 0 unspecified atom stereocenters. The number of carbonyl (C=O) groups is 2. The van der Waals surface area contributed by atoms with Gasteiger partial charge >= 0.3 is 11.9 Å². The van der Waals surface area contributed by atoms with Crippen LogP contribution in [0.15, 0.2) is 30.9 Å². The predicted molar refractivity (Wildman–Crippen MR) is 97.0 cm³/mol. The van der Waals surface area contributed by atoms with Gasteiger partial charge < -0.3 is 26.4 Å². The fourth-order valence-corrected chi connectivity index (χ4v) is 1.98. The highest BCUT2D eigenvalue weighted by Gasteiger charge is 2.09. The Morgan fingerprint density at radius 2 is 2.00 bits per heavy atom. The van der Waals surface area contributed by atoms with E-state index in [2.05, 4.69) is 6.58 Å².